The average molecular weight is 829 g/mol. The van der Waals surface area contributed by atoms with Crippen molar-refractivity contribution < 1.29 is 4.42 Å². The molecule has 0 radical (unpaired) electrons. The molecule has 5 nitrogen and oxygen atoms in total. The number of fused-ring (bicyclic) bond motifs is 11. The monoisotopic (exact) mass is 828 g/mol. The molecule has 14 aromatic rings. The second kappa shape index (κ2) is 13.9. The minimum Gasteiger partial charge on any atom is -0.456 e. The third kappa shape index (κ3) is 5.46. The van der Waals surface area contributed by atoms with Gasteiger partial charge in [0.1, 0.15) is 11.2 Å². The first kappa shape index (κ1) is 35.8. The third-order valence-electron chi connectivity index (χ3n) is 13.3. The van der Waals surface area contributed by atoms with E-state index in [-0.39, 0.29) is 0 Å². The maximum absolute atomic E-state index is 6.21. The Labute approximate surface area is 372 Å². The fourth-order valence-corrected chi connectivity index (χ4v) is 10.4. The molecule has 4 aromatic heterocycles. The molecule has 4 heterocycles. The first-order valence-electron chi connectivity index (χ1n) is 22.1. The van der Waals surface area contributed by atoms with Crippen molar-refractivity contribution in [3.63, 3.8) is 0 Å². The Balaban J connectivity index is 0.954. The van der Waals surface area contributed by atoms with Crippen molar-refractivity contribution in [3.05, 3.63) is 218 Å². The highest BCUT2D eigenvalue weighted by atomic mass is 16.3. The van der Waals surface area contributed by atoms with Gasteiger partial charge in [0.2, 0.25) is 5.95 Å². The zero-order valence-corrected chi connectivity index (χ0v) is 35.0. The maximum atomic E-state index is 6.21. The quantitative estimate of drug-likeness (QED) is 0.174. The fraction of sp³-hybridized carbons (Fsp3) is 0. The van der Waals surface area contributed by atoms with Crippen LogP contribution in [0.4, 0.5) is 0 Å². The van der Waals surface area contributed by atoms with Crippen LogP contribution in [0.15, 0.2) is 223 Å². The fourth-order valence-electron chi connectivity index (χ4n) is 10.4. The molecule has 0 fully saturated rings. The normalized spacial score (nSPS) is 12.0. The van der Waals surface area contributed by atoms with E-state index in [9.17, 15) is 0 Å². The number of aromatic nitrogens is 4. The summed E-state index contributed by atoms with van der Waals surface area (Å²) in [6.45, 7) is 0. The van der Waals surface area contributed by atoms with Crippen molar-refractivity contribution in [2.45, 2.75) is 0 Å². The molecule has 10 aromatic carbocycles. The molecule has 14 rings (SSSR count). The van der Waals surface area contributed by atoms with E-state index in [0.29, 0.717) is 5.95 Å². The van der Waals surface area contributed by atoms with Crippen LogP contribution >= 0.6 is 0 Å². The number of hydrogen-bond donors (Lipinski definition) is 0. The topological polar surface area (TPSA) is 48.8 Å². The summed E-state index contributed by atoms with van der Waals surface area (Å²) in [4.78, 5) is 10.9. The van der Waals surface area contributed by atoms with Crippen molar-refractivity contribution in [3.8, 4) is 45.3 Å². The SMILES string of the molecule is c1ccc2c(-c3cc(-c4cccc5ccccc45)nc(-n4c5ccccc5c5cc(-c6ccc7c(c6)c6ccccc6n7-c6ccc7oc8ccccc8c7c6)ccc54)n3)cccc2c1. The van der Waals surface area contributed by atoms with Crippen LogP contribution in [-0.4, -0.2) is 19.1 Å². The van der Waals surface area contributed by atoms with E-state index in [0.717, 1.165) is 99.4 Å². The molecule has 0 atom stereocenters. The zero-order chi connectivity index (χ0) is 42.6. The Morgan fingerprint density at radius 3 is 1.42 bits per heavy atom. The number of benzene rings is 10. The van der Waals surface area contributed by atoms with Gasteiger partial charge in [-0.1, -0.05) is 152 Å². The Kier molecular flexibility index (Phi) is 7.62. The zero-order valence-electron chi connectivity index (χ0n) is 35.0. The average Bonchev–Trinajstić information content (AvgIpc) is 4.03. The number of nitrogens with zero attached hydrogens (tertiary/aromatic N) is 4. The van der Waals surface area contributed by atoms with Crippen LogP contribution < -0.4 is 0 Å². The van der Waals surface area contributed by atoms with E-state index in [2.05, 4.69) is 215 Å². The molecular formula is C60H36N4O. The van der Waals surface area contributed by atoms with Crippen molar-refractivity contribution >= 4 is 87.1 Å². The molecule has 0 saturated carbocycles. The van der Waals surface area contributed by atoms with Gasteiger partial charge in [-0.15, -0.1) is 0 Å². The lowest BCUT2D eigenvalue weighted by molar-refractivity contribution is 0.669. The van der Waals surface area contributed by atoms with Gasteiger partial charge in [-0.3, -0.25) is 4.57 Å². The minimum atomic E-state index is 0.633. The van der Waals surface area contributed by atoms with Crippen LogP contribution in [0.2, 0.25) is 0 Å². The molecule has 302 valence electrons. The number of rotatable bonds is 5. The standard InChI is InChI=1S/C60H36N4O/c1-3-17-42-37(13-1)15-11-22-44(42)52-36-53(45-23-12-16-38-14-2-4-18-43(38)45)62-60(61-52)64-55-25-9-6-20-47(55)50-34-40(28-31-57(50)64)39-27-30-56-49(33-39)46-19-5-8-24-54(46)63(56)41-29-32-59-51(35-41)48-21-7-10-26-58(48)65-59/h1-36H. The minimum absolute atomic E-state index is 0.633. The van der Waals surface area contributed by atoms with Gasteiger partial charge in [0.25, 0.3) is 0 Å². The van der Waals surface area contributed by atoms with Gasteiger partial charge >= 0.3 is 0 Å². The van der Waals surface area contributed by atoms with Crippen LogP contribution in [0.5, 0.6) is 0 Å². The lowest BCUT2D eigenvalue weighted by atomic mass is 9.99. The van der Waals surface area contributed by atoms with Gasteiger partial charge in [0.05, 0.1) is 33.5 Å². The molecule has 0 spiro atoms. The van der Waals surface area contributed by atoms with Gasteiger partial charge in [-0.05, 0) is 99.4 Å². The molecule has 0 saturated heterocycles. The summed E-state index contributed by atoms with van der Waals surface area (Å²) in [5.74, 6) is 0.633. The molecule has 0 aliphatic rings. The van der Waals surface area contributed by atoms with E-state index in [1.807, 2.05) is 12.1 Å². The van der Waals surface area contributed by atoms with Crippen molar-refractivity contribution in [1.29, 1.82) is 0 Å². The van der Waals surface area contributed by atoms with Crippen LogP contribution in [0.1, 0.15) is 0 Å². The molecule has 5 heteroatoms. The number of furan rings is 1. The molecule has 0 N–H and O–H groups in total. The van der Waals surface area contributed by atoms with E-state index in [4.69, 9.17) is 14.4 Å². The molecule has 0 amide bonds. The van der Waals surface area contributed by atoms with E-state index in [1.165, 1.54) is 27.1 Å². The summed E-state index contributed by atoms with van der Waals surface area (Å²) in [5, 5.41) is 11.6. The van der Waals surface area contributed by atoms with E-state index >= 15 is 0 Å². The highest BCUT2D eigenvalue weighted by Gasteiger charge is 2.20. The maximum Gasteiger partial charge on any atom is 0.235 e. The lowest BCUT2D eigenvalue weighted by Crippen LogP contribution is -2.04. The molecule has 0 unspecified atom stereocenters. The van der Waals surface area contributed by atoms with Crippen LogP contribution in [0, 0.1) is 0 Å². The van der Waals surface area contributed by atoms with Crippen molar-refractivity contribution in [2.75, 3.05) is 0 Å². The first-order chi connectivity index (χ1) is 32.2. The number of hydrogen-bond acceptors (Lipinski definition) is 3. The Bertz CT molecular complexity index is 4160. The third-order valence-corrected chi connectivity index (χ3v) is 13.3. The van der Waals surface area contributed by atoms with Crippen LogP contribution in [0.3, 0.4) is 0 Å². The summed E-state index contributed by atoms with van der Waals surface area (Å²) in [5.41, 5.74) is 13.5. The predicted octanol–water partition coefficient (Wildman–Crippen LogP) is 15.9. The Morgan fingerprint density at radius 2 is 0.785 bits per heavy atom. The number of para-hydroxylation sites is 3. The van der Waals surface area contributed by atoms with Gasteiger partial charge < -0.3 is 8.98 Å². The van der Waals surface area contributed by atoms with Gasteiger partial charge in [0.15, 0.2) is 0 Å². The molecule has 0 aliphatic carbocycles. The Morgan fingerprint density at radius 1 is 0.308 bits per heavy atom. The molecule has 65 heavy (non-hydrogen) atoms. The lowest BCUT2D eigenvalue weighted by Gasteiger charge is -2.14. The van der Waals surface area contributed by atoms with Gasteiger partial charge in [-0.25, -0.2) is 9.97 Å². The van der Waals surface area contributed by atoms with Gasteiger partial charge in [-0.2, -0.15) is 0 Å². The molecular weight excluding hydrogens is 793 g/mol. The molecule has 0 bridgehead atoms. The summed E-state index contributed by atoms with van der Waals surface area (Å²) in [6.07, 6.45) is 0. The highest BCUT2D eigenvalue weighted by molar-refractivity contribution is 6.13. The first-order valence-corrected chi connectivity index (χ1v) is 22.1. The largest absolute Gasteiger partial charge is 0.456 e. The molecule has 0 aliphatic heterocycles. The smallest absolute Gasteiger partial charge is 0.235 e. The highest BCUT2D eigenvalue weighted by Crippen LogP contribution is 2.41. The van der Waals surface area contributed by atoms with Crippen molar-refractivity contribution in [2.24, 2.45) is 0 Å². The predicted molar refractivity (Wildman–Crippen MR) is 269 cm³/mol. The van der Waals surface area contributed by atoms with Crippen molar-refractivity contribution in [1.82, 2.24) is 19.1 Å². The van der Waals surface area contributed by atoms with E-state index in [1.54, 1.807) is 0 Å². The summed E-state index contributed by atoms with van der Waals surface area (Å²) in [7, 11) is 0. The summed E-state index contributed by atoms with van der Waals surface area (Å²) >= 11 is 0. The summed E-state index contributed by atoms with van der Waals surface area (Å²) in [6, 6.07) is 78.0. The second-order valence-corrected chi connectivity index (χ2v) is 16.9. The Hall–Kier alpha value is -8.80. The van der Waals surface area contributed by atoms with E-state index < -0.39 is 0 Å². The van der Waals surface area contributed by atoms with Gasteiger partial charge in [0, 0.05) is 49.1 Å². The van der Waals surface area contributed by atoms with Crippen LogP contribution in [0.25, 0.3) is 132 Å². The summed E-state index contributed by atoms with van der Waals surface area (Å²) < 4.78 is 10.8. The van der Waals surface area contributed by atoms with Crippen LogP contribution in [-0.2, 0) is 0 Å². The second-order valence-electron chi connectivity index (χ2n) is 16.9.